The molecule has 4 atom stereocenters. The summed E-state index contributed by atoms with van der Waals surface area (Å²) < 4.78 is 53.2. The molecule has 17 N–H and O–H groups in total. The SMILES string of the molecule is CC(C)(CCCN)C1CCCCC1.CC(C)C1CCC(CC2CCC(N)CC2)CC1.CC(C)CCCN(CCCN)CCCCN(CCCN)CCCN.CC(C)CCCN1CCN(CCCN)CC1.CC(C)CCCNC1CCCCC1.CC(C)CCOCC(C)OCC(C)OCC(C)OCC(C)OCCN.CC(C)c1ccc(N)c2c1C(=O)c1ccccc1C2=O.Cc1ccc(S(=O)(=O)c2ccc(C(C)C)cc2)cc1. The Hall–Kier alpha value is -4.71. The number of fused-ring (bicyclic) bond motifs is 2. The quantitative estimate of drug-likeness (QED) is 0.0129. The normalized spacial score (nSPS) is 18.4. The Bertz CT molecular complexity index is 3980. The van der Waals surface area contributed by atoms with Crippen LogP contribution in [0.15, 0.2) is 94.7 Å². The Morgan fingerprint density at radius 3 is 1.30 bits per heavy atom. The van der Waals surface area contributed by atoms with E-state index in [0.29, 0.717) is 101 Å². The highest BCUT2D eigenvalue weighted by atomic mass is 32.2. The van der Waals surface area contributed by atoms with Crippen molar-refractivity contribution < 1.29 is 41.7 Å². The fourth-order valence-electron chi connectivity index (χ4n) is 20.6. The van der Waals surface area contributed by atoms with E-state index in [9.17, 15) is 18.0 Å². The van der Waals surface area contributed by atoms with Crippen LogP contribution in [-0.4, -0.2) is 240 Å². The van der Waals surface area contributed by atoms with Crippen molar-refractivity contribution in [2.45, 2.75) is 422 Å². The Kier molecular flexibility index (Phi) is 75.2. The van der Waals surface area contributed by atoms with E-state index < -0.39 is 9.84 Å². The van der Waals surface area contributed by atoms with Gasteiger partial charge in [-0.15, -0.1) is 0 Å². The van der Waals surface area contributed by atoms with E-state index in [1.807, 2.05) is 78.8 Å². The molecule has 147 heavy (non-hydrogen) atoms. The molecule has 0 bridgehead atoms. The molecule has 0 aromatic heterocycles. The largest absolute Gasteiger partial charge is 0.398 e. The van der Waals surface area contributed by atoms with Crippen LogP contribution in [0.1, 0.15) is 417 Å². The van der Waals surface area contributed by atoms with E-state index in [1.54, 1.807) is 54.6 Å². The number of hydrogen-bond donors (Lipinski definition) is 9. The molecule has 5 fully saturated rings. The molecule has 0 amide bonds. The first-order chi connectivity index (χ1) is 70.2. The van der Waals surface area contributed by atoms with Crippen molar-refractivity contribution in [3.05, 3.63) is 124 Å². The van der Waals surface area contributed by atoms with Gasteiger partial charge in [0, 0.05) is 73.8 Å². The number of unbranched alkanes of at least 4 members (excludes halogenated alkanes) is 1. The number of nitrogens with two attached hydrogens (primary N) is 8. The molecule has 1 saturated heterocycles. The Morgan fingerprint density at radius 2 is 0.844 bits per heavy atom. The Morgan fingerprint density at radius 1 is 0.422 bits per heavy atom. The second-order valence-electron chi connectivity index (χ2n) is 47.3. The third-order valence-corrected chi connectivity index (χ3v) is 32.3. The van der Waals surface area contributed by atoms with Crippen LogP contribution >= 0.6 is 0 Å². The zero-order valence-corrected chi connectivity index (χ0v) is 98.9. The topological polar surface area (TPSA) is 348 Å². The number of anilines is 1. The summed E-state index contributed by atoms with van der Waals surface area (Å²) in [7, 11) is -3.40. The number of ether oxygens (including phenoxy) is 5. The third kappa shape index (κ3) is 60.8. The van der Waals surface area contributed by atoms with Crippen LogP contribution in [0.2, 0.25) is 0 Å². The van der Waals surface area contributed by atoms with Gasteiger partial charge in [-0.05, 0) is 405 Å². The third-order valence-electron chi connectivity index (χ3n) is 30.5. The maximum absolute atomic E-state index is 12.7. The highest BCUT2D eigenvalue weighted by Gasteiger charge is 2.35. The lowest BCUT2D eigenvalue weighted by molar-refractivity contribution is -0.0918. The molecule has 23 heteroatoms. The number of sulfone groups is 1. The van der Waals surface area contributed by atoms with Gasteiger partial charge in [0.2, 0.25) is 9.84 Å². The number of nitrogens with one attached hydrogen (secondary N) is 1. The molecule has 4 saturated carbocycles. The van der Waals surface area contributed by atoms with Crippen molar-refractivity contribution in [2.75, 3.05) is 170 Å². The van der Waals surface area contributed by atoms with Gasteiger partial charge in [-0.3, -0.25) is 9.59 Å². The minimum absolute atomic E-state index is 0.0168. The zero-order chi connectivity index (χ0) is 109. The average Bonchev–Trinajstić information content (AvgIpc) is 0.740. The van der Waals surface area contributed by atoms with Crippen LogP contribution in [0.5, 0.6) is 0 Å². The fraction of sp³-hybridized carbons (Fsp3) is 0.790. The molecule has 4 aromatic carbocycles. The number of nitrogens with zero attached hydrogens (tertiary/aromatic N) is 4. The number of carbonyl (C=O) groups excluding carboxylic acids is 2. The number of hydrogen-bond acceptors (Lipinski definition) is 22. The molecular weight excluding hydrogens is 1850 g/mol. The first kappa shape index (κ1) is 136. The molecule has 4 unspecified atom stereocenters. The summed E-state index contributed by atoms with van der Waals surface area (Å²) in [5.74, 6) is 8.44. The molecule has 850 valence electrons. The van der Waals surface area contributed by atoms with Crippen LogP contribution in [-0.2, 0) is 33.5 Å². The van der Waals surface area contributed by atoms with Crippen LogP contribution in [0.25, 0.3) is 0 Å². The monoisotopic (exact) mass is 2080 g/mol. The molecular formula is C124H229N13O9S. The summed E-state index contributed by atoms with van der Waals surface area (Å²) in [6, 6.07) is 25.9. The van der Waals surface area contributed by atoms with E-state index in [4.69, 9.17) is 69.6 Å². The van der Waals surface area contributed by atoms with Gasteiger partial charge < -0.3 is 94.5 Å². The van der Waals surface area contributed by atoms with Crippen molar-refractivity contribution in [3.8, 4) is 0 Å². The molecule has 1 heterocycles. The summed E-state index contributed by atoms with van der Waals surface area (Å²) in [4.78, 5) is 36.3. The Labute approximate surface area is 902 Å². The first-order valence-corrected chi connectivity index (χ1v) is 60.9. The lowest BCUT2D eigenvalue weighted by Gasteiger charge is -2.37. The van der Waals surface area contributed by atoms with Gasteiger partial charge in [0.1, 0.15) is 0 Å². The minimum Gasteiger partial charge on any atom is -0.398 e. The fourth-order valence-corrected chi connectivity index (χ4v) is 21.9. The molecule has 10 rings (SSSR count). The molecule has 0 radical (unpaired) electrons. The number of carbonyl (C=O) groups is 2. The second kappa shape index (κ2) is 81.0. The second-order valence-corrected chi connectivity index (χ2v) is 49.3. The van der Waals surface area contributed by atoms with Gasteiger partial charge in [-0.25, -0.2) is 8.42 Å². The van der Waals surface area contributed by atoms with Crippen LogP contribution in [0, 0.1) is 65.6 Å². The standard InChI is InChI=1S/C19H45N5.C19H41NO5.C17H15NO2.C16H31N.C16H18O2S.C13H29N3.2C12H25N/c1-19(2)9-5-15-23(16-6-10-20)13-3-4-14-24(17-7-11-21)18-8-12-22;1-15(2)7-9-21-11-16(3)23-13-18(5)25-14-19(6)24-12-17(4)22-10-8-20;1-9(2)10-7-8-13(18)15-14(10)16(19)11-5-3-4-6-12(11)17(15)20;1-12(2)15-7-3-13(4-8-15)11-14-5-9-16(17)10-6-14;1-12(2)14-6-10-16(11-7-14)19(17,18)15-8-4-13(3)5-9-15;1-13(2)5-3-7-15-9-11-16(12-10-15)8-4-6-14;1-11(2)7-6-10-13-12-8-4-3-5-9-12;1-12(2,9-6-10-13)11-7-4-3-5-8-11/h19H,3-18,20-22H2,1-2H3;15-19H,7-14,20H2,1-6H3;3-9H,18H2,1-2H3;12-16H,3-11,17H2,1-2H3;4-12H,1-3H3;13H,3-12,14H2,1-2H3;11-13H,3-10H2,1-2H3;11H,3-10,13H2,1-2H3. The van der Waals surface area contributed by atoms with Crippen molar-refractivity contribution in [3.63, 3.8) is 0 Å². The van der Waals surface area contributed by atoms with Crippen LogP contribution in [0.3, 0.4) is 0 Å². The van der Waals surface area contributed by atoms with Crippen molar-refractivity contribution in [2.24, 2.45) is 98.8 Å². The predicted octanol–water partition coefficient (Wildman–Crippen LogP) is 24.0. The van der Waals surface area contributed by atoms with Gasteiger partial charge in [0.15, 0.2) is 11.6 Å². The summed E-state index contributed by atoms with van der Waals surface area (Å²) in [5, 5.41) is 3.68. The maximum atomic E-state index is 12.7. The first-order valence-electron chi connectivity index (χ1n) is 59.4. The van der Waals surface area contributed by atoms with E-state index in [2.05, 4.69) is 122 Å². The van der Waals surface area contributed by atoms with Crippen LogP contribution in [0.4, 0.5) is 5.69 Å². The molecule has 0 spiro atoms. The zero-order valence-electron chi connectivity index (χ0n) is 98.1. The smallest absolute Gasteiger partial charge is 0.206 e. The van der Waals surface area contributed by atoms with E-state index in [0.717, 1.165) is 161 Å². The lowest BCUT2D eigenvalue weighted by Crippen LogP contribution is -2.47. The Balaban J connectivity index is 0.000000435. The van der Waals surface area contributed by atoms with Crippen LogP contribution < -0.4 is 51.2 Å². The van der Waals surface area contributed by atoms with E-state index in [-0.39, 0.29) is 41.9 Å². The lowest BCUT2D eigenvalue weighted by atomic mass is 9.69. The molecule has 4 aromatic rings. The number of aryl methyl sites for hydroxylation is 1. The minimum atomic E-state index is -3.40. The molecule has 1 aliphatic heterocycles. The predicted molar refractivity (Wildman–Crippen MR) is 627 cm³/mol. The van der Waals surface area contributed by atoms with Crippen molar-refractivity contribution >= 4 is 27.1 Å². The van der Waals surface area contributed by atoms with Crippen molar-refractivity contribution in [1.29, 1.82) is 0 Å². The van der Waals surface area contributed by atoms with E-state index >= 15 is 0 Å². The average molecular weight is 2080 g/mol. The number of rotatable bonds is 58. The number of piperazine rings is 1. The highest BCUT2D eigenvalue weighted by molar-refractivity contribution is 7.91. The molecule has 22 nitrogen and oxygen atoms in total. The summed E-state index contributed by atoms with van der Waals surface area (Å²) in [6.45, 7) is 69.9. The number of ketones is 2. The molecule has 6 aliphatic rings. The van der Waals surface area contributed by atoms with Gasteiger partial charge in [0.05, 0.1) is 72.8 Å². The molecule has 5 aliphatic carbocycles. The summed E-state index contributed by atoms with van der Waals surface area (Å²) >= 11 is 0. The number of nitrogen functional groups attached to an aromatic ring is 1. The van der Waals surface area contributed by atoms with Gasteiger partial charge >= 0.3 is 0 Å². The van der Waals surface area contributed by atoms with Gasteiger partial charge in [-0.2, -0.15) is 0 Å². The van der Waals surface area contributed by atoms with Crippen molar-refractivity contribution in [1.82, 2.24) is 24.9 Å². The van der Waals surface area contributed by atoms with E-state index in [1.165, 1.54) is 252 Å². The van der Waals surface area contributed by atoms with Gasteiger partial charge in [-0.1, -0.05) is 222 Å². The summed E-state index contributed by atoms with van der Waals surface area (Å²) in [5.41, 5.74) is 51.1. The van der Waals surface area contributed by atoms with Gasteiger partial charge in [0.25, 0.3) is 0 Å². The number of benzene rings is 4. The highest BCUT2D eigenvalue weighted by Crippen LogP contribution is 2.43. The maximum Gasteiger partial charge on any atom is 0.206 e. The summed E-state index contributed by atoms with van der Waals surface area (Å²) in [6.07, 6.45) is 46.2.